The standard InChI is InChI=1S/C30H33Cl2N3O5S/c1-3-35(17-15-24-11-13-25(31)20-27(24)32)29(33)19-21-7-9-23(10-8-21)22-5-4-6-26(14-12-22)40-18-16-28(30(36)37)34-41(2,38)39/h4,6-15,17,20,28,33-34H,3,5,16,18-19H2,1-2H3,(H,36,37)/b17-15+,33-29?/t28-/m0/s1. The van der Waals surface area contributed by atoms with Crippen LogP contribution in [0.2, 0.25) is 10.0 Å². The fourth-order valence-electron chi connectivity index (χ4n) is 4.03. The fourth-order valence-corrected chi connectivity index (χ4v) is 5.24. The Kier molecular flexibility index (Phi) is 11.8. The number of sulfonamides is 1. The Hall–Kier alpha value is -3.37. The van der Waals surface area contributed by atoms with Crippen molar-refractivity contribution < 1.29 is 23.1 Å². The van der Waals surface area contributed by atoms with Gasteiger partial charge in [0, 0.05) is 35.6 Å². The Morgan fingerprint density at radius 1 is 1.20 bits per heavy atom. The molecule has 0 saturated carbocycles. The van der Waals surface area contributed by atoms with Gasteiger partial charge in [-0.05, 0) is 66.0 Å². The average molecular weight is 619 g/mol. The number of amidine groups is 1. The first-order valence-electron chi connectivity index (χ1n) is 12.9. The molecule has 1 aliphatic rings. The van der Waals surface area contributed by atoms with Crippen molar-refractivity contribution in [2.24, 2.45) is 0 Å². The minimum atomic E-state index is -3.65. The molecule has 0 radical (unpaired) electrons. The summed E-state index contributed by atoms with van der Waals surface area (Å²) in [6.07, 6.45) is 13.3. The molecule has 0 amide bonds. The molecule has 0 saturated heterocycles. The van der Waals surface area contributed by atoms with E-state index in [1.165, 1.54) is 0 Å². The Labute approximate surface area is 251 Å². The third-order valence-electron chi connectivity index (χ3n) is 6.18. The number of carboxylic acids is 1. The Morgan fingerprint density at radius 3 is 2.56 bits per heavy atom. The molecule has 218 valence electrons. The van der Waals surface area contributed by atoms with Crippen molar-refractivity contribution in [2.75, 3.05) is 19.4 Å². The molecule has 0 fully saturated rings. The number of aliphatic carboxylic acids is 1. The summed E-state index contributed by atoms with van der Waals surface area (Å²) in [7, 11) is -3.65. The first-order valence-corrected chi connectivity index (χ1v) is 15.6. The molecule has 1 aliphatic carbocycles. The van der Waals surface area contributed by atoms with Crippen molar-refractivity contribution >= 4 is 56.7 Å². The normalized spacial score (nSPS) is 14.2. The number of carboxylic acid groups (broad SMARTS) is 1. The van der Waals surface area contributed by atoms with Crippen LogP contribution >= 0.6 is 23.2 Å². The number of benzene rings is 2. The number of ether oxygens (including phenoxy) is 1. The molecule has 0 spiro atoms. The van der Waals surface area contributed by atoms with Crippen LogP contribution in [-0.2, 0) is 26.0 Å². The van der Waals surface area contributed by atoms with E-state index in [4.69, 9.17) is 33.3 Å². The van der Waals surface area contributed by atoms with Crippen molar-refractivity contribution in [3.63, 3.8) is 0 Å². The largest absolute Gasteiger partial charge is 0.494 e. The molecule has 0 aliphatic heterocycles. The highest BCUT2D eigenvalue weighted by molar-refractivity contribution is 7.88. The monoisotopic (exact) mass is 617 g/mol. The van der Waals surface area contributed by atoms with Gasteiger partial charge in [0.1, 0.15) is 17.6 Å². The van der Waals surface area contributed by atoms with E-state index in [1.807, 2.05) is 72.7 Å². The SMILES string of the molecule is CCN(/C=C/c1ccc(Cl)cc1Cl)C(=N)Cc1ccc(C2=CC=C(OCC[C@H](NS(C)(=O)=O)C(=O)O)C=CC2)cc1. The molecule has 8 nitrogen and oxygen atoms in total. The predicted molar refractivity (Wildman–Crippen MR) is 166 cm³/mol. The first-order chi connectivity index (χ1) is 19.4. The maximum atomic E-state index is 11.4. The van der Waals surface area contributed by atoms with Crippen LogP contribution in [-0.4, -0.2) is 55.7 Å². The van der Waals surface area contributed by atoms with E-state index in [2.05, 4.69) is 4.72 Å². The smallest absolute Gasteiger partial charge is 0.321 e. The molecule has 3 rings (SSSR count). The van der Waals surface area contributed by atoms with Gasteiger partial charge in [-0.1, -0.05) is 65.7 Å². The lowest BCUT2D eigenvalue weighted by Crippen LogP contribution is -2.40. The first kappa shape index (κ1) is 32.1. The number of hydrogen-bond donors (Lipinski definition) is 3. The molecule has 0 heterocycles. The fraction of sp³-hybridized carbons (Fsp3) is 0.267. The summed E-state index contributed by atoms with van der Waals surface area (Å²) < 4.78 is 30.5. The van der Waals surface area contributed by atoms with Crippen LogP contribution in [0.1, 0.15) is 36.5 Å². The topological polar surface area (TPSA) is 120 Å². The Bertz CT molecular complexity index is 1480. The van der Waals surface area contributed by atoms with Crippen LogP contribution in [0.5, 0.6) is 0 Å². The van der Waals surface area contributed by atoms with E-state index < -0.39 is 22.0 Å². The van der Waals surface area contributed by atoms with Gasteiger partial charge in [-0.3, -0.25) is 10.2 Å². The number of likely N-dealkylation sites (N-methyl/N-ethyl adjacent to an activating group) is 1. The highest BCUT2D eigenvalue weighted by Crippen LogP contribution is 2.24. The van der Waals surface area contributed by atoms with E-state index in [1.54, 1.807) is 18.2 Å². The van der Waals surface area contributed by atoms with Crippen LogP contribution in [0.4, 0.5) is 0 Å². The third kappa shape index (κ3) is 10.5. The van der Waals surface area contributed by atoms with Gasteiger partial charge in [-0.2, -0.15) is 0 Å². The zero-order valence-electron chi connectivity index (χ0n) is 22.8. The lowest BCUT2D eigenvalue weighted by molar-refractivity contribution is -0.139. The zero-order chi connectivity index (χ0) is 30.0. The molecule has 2 aromatic carbocycles. The summed E-state index contributed by atoms with van der Waals surface area (Å²) in [5.74, 6) is -0.243. The van der Waals surface area contributed by atoms with Gasteiger partial charge in [0.2, 0.25) is 10.0 Å². The molecule has 0 bridgehead atoms. The van der Waals surface area contributed by atoms with Gasteiger partial charge in [-0.15, -0.1) is 0 Å². The van der Waals surface area contributed by atoms with Crippen molar-refractivity contribution in [1.29, 1.82) is 5.41 Å². The Balaban J connectivity index is 1.58. The lowest BCUT2D eigenvalue weighted by atomic mass is 10.00. The Morgan fingerprint density at radius 2 is 1.93 bits per heavy atom. The van der Waals surface area contributed by atoms with Crippen LogP contribution < -0.4 is 4.72 Å². The number of rotatable bonds is 13. The van der Waals surface area contributed by atoms with Gasteiger partial charge in [0.05, 0.1) is 12.9 Å². The van der Waals surface area contributed by atoms with Crippen LogP contribution in [0.3, 0.4) is 0 Å². The lowest BCUT2D eigenvalue weighted by Gasteiger charge is -2.19. The molecule has 0 unspecified atom stereocenters. The minimum Gasteiger partial charge on any atom is -0.494 e. The van der Waals surface area contributed by atoms with E-state index in [0.29, 0.717) is 41.0 Å². The maximum Gasteiger partial charge on any atom is 0.321 e. The predicted octanol–water partition coefficient (Wildman–Crippen LogP) is 6.14. The van der Waals surface area contributed by atoms with E-state index in [-0.39, 0.29) is 13.0 Å². The second-order valence-corrected chi connectivity index (χ2v) is 12.0. The molecule has 3 N–H and O–H groups in total. The van der Waals surface area contributed by atoms with Crippen LogP contribution in [0.15, 0.2) is 78.7 Å². The number of nitrogens with zero attached hydrogens (tertiary/aromatic N) is 1. The zero-order valence-corrected chi connectivity index (χ0v) is 25.1. The van der Waals surface area contributed by atoms with E-state index in [9.17, 15) is 18.3 Å². The highest BCUT2D eigenvalue weighted by atomic mass is 35.5. The summed E-state index contributed by atoms with van der Waals surface area (Å²) in [6, 6.07) is 12.1. The van der Waals surface area contributed by atoms with Crippen molar-refractivity contribution in [2.45, 2.75) is 32.2 Å². The van der Waals surface area contributed by atoms with Crippen molar-refractivity contribution in [3.05, 3.63) is 105 Å². The van der Waals surface area contributed by atoms with Crippen molar-refractivity contribution in [3.8, 4) is 0 Å². The van der Waals surface area contributed by atoms with Crippen molar-refractivity contribution in [1.82, 2.24) is 9.62 Å². The van der Waals surface area contributed by atoms with E-state index >= 15 is 0 Å². The molecule has 1 atom stereocenters. The number of carbonyl (C=O) groups is 1. The molecule has 41 heavy (non-hydrogen) atoms. The molecular formula is C30H33Cl2N3O5S. The second-order valence-electron chi connectivity index (χ2n) is 9.37. The minimum absolute atomic E-state index is 0.0131. The summed E-state index contributed by atoms with van der Waals surface area (Å²) in [5.41, 5.74) is 3.94. The number of allylic oxidation sites excluding steroid dienone is 5. The van der Waals surface area contributed by atoms with Gasteiger partial charge < -0.3 is 14.7 Å². The quantitative estimate of drug-likeness (QED) is 0.183. The maximum absolute atomic E-state index is 11.4. The van der Waals surface area contributed by atoms with Gasteiger partial charge >= 0.3 is 5.97 Å². The number of halogens is 2. The van der Waals surface area contributed by atoms with Crippen LogP contribution in [0, 0.1) is 5.41 Å². The van der Waals surface area contributed by atoms with Crippen LogP contribution in [0.25, 0.3) is 11.6 Å². The number of nitrogens with one attached hydrogen (secondary N) is 2. The average Bonchev–Trinajstić information content (AvgIpc) is 3.15. The summed E-state index contributed by atoms with van der Waals surface area (Å²) in [5, 5.41) is 18.9. The molecule has 0 aromatic heterocycles. The third-order valence-corrected chi connectivity index (χ3v) is 7.45. The van der Waals surface area contributed by atoms with Gasteiger partial charge in [0.15, 0.2) is 0 Å². The summed E-state index contributed by atoms with van der Waals surface area (Å²) in [4.78, 5) is 13.2. The molecular weight excluding hydrogens is 585 g/mol. The second kappa shape index (κ2) is 15.0. The van der Waals surface area contributed by atoms with E-state index in [0.717, 1.165) is 28.5 Å². The summed E-state index contributed by atoms with van der Waals surface area (Å²) in [6.45, 7) is 2.66. The molecule has 2 aromatic rings. The van der Waals surface area contributed by atoms with Gasteiger partial charge in [0.25, 0.3) is 0 Å². The number of hydrogen-bond acceptors (Lipinski definition) is 5. The molecule has 11 heteroatoms. The summed E-state index contributed by atoms with van der Waals surface area (Å²) >= 11 is 12.2. The van der Waals surface area contributed by atoms with Gasteiger partial charge in [-0.25, -0.2) is 13.1 Å². The highest BCUT2D eigenvalue weighted by Gasteiger charge is 2.21.